The minimum absolute atomic E-state index is 0.368. The van der Waals surface area contributed by atoms with Gasteiger partial charge in [0.05, 0.1) is 8.07 Å². The van der Waals surface area contributed by atoms with Crippen molar-refractivity contribution in [3.05, 3.63) is 29.8 Å². The first-order valence-electron chi connectivity index (χ1n) is 6.86. The normalized spacial score (nSPS) is 13.1. The molecule has 0 aliphatic rings. The highest BCUT2D eigenvalue weighted by atomic mass is 28.3. The molecule has 0 aromatic heterocycles. The van der Waals surface area contributed by atoms with Crippen molar-refractivity contribution in [2.24, 2.45) is 5.41 Å². The molecule has 2 heteroatoms. The fourth-order valence-electron chi connectivity index (χ4n) is 2.29. The van der Waals surface area contributed by atoms with Crippen LogP contribution >= 0.6 is 0 Å². The molecule has 0 aliphatic carbocycles. The van der Waals surface area contributed by atoms with Crippen LogP contribution in [0.2, 0.25) is 19.6 Å². The number of hydrogen-bond donors (Lipinski definition) is 0. The standard InChI is InChI=1S/C16H29NSi/c1-16(2,3)13-17(4)12-14-8-10-15(11-9-14)18(5,6)7/h8-11H,12-13H2,1-7H3. The lowest BCUT2D eigenvalue weighted by Gasteiger charge is -2.26. The lowest BCUT2D eigenvalue weighted by Crippen LogP contribution is -2.37. The molecule has 0 spiro atoms. The largest absolute Gasteiger partial charge is 0.302 e. The Morgan fingerprint density at radius 2 is 1.50 bits per heavy atom. The van der Waals surface area contributed by atoms with Crippen LogP contribution in [0.25, 0.3) is 0 Å². The van der Waals surface area contributed by atoms with E-state index in [4.69, 9.17) is 0 Å². The van der Waals surface area contributed by atoms with Crippen molar-refractivity contribution in [1.29, 1.82) is 0 Å². The summed E-state index contributed by atoms with van der Waals surface area (Å²) in [4.78, 5) is 2.41. The van der Waals surface area contributed by atoms with E-state index in [9.17, 15) is 0 Å². The van der Waals surface area contributed by atoms with Crippen LogP contribution in [-0.4, -0.2) is 26.6 Å². The summed E-state index contributed by atoms with van der Waals surface area (Å²) >= 11 is 0. The van der Waals surface area contributed by atoms with Crippen LogP contribution < -0.4 is 5.19 Å². The fourth-order valence-corrected chi connectivity index (χ4v) is 3.45. The van der Waals surface area contributed by atoms with Crippen LogP contribution in [0.1, 0.15) is 26.3 Å². The zero-order chi connectivity index (χ0) is 14.0. The zero-order valence-electron chi connectivity index (χ0n) is 13.2. The monoisotopic (exact) mass is 263 g/mol. The molecule has 1 aromatic rings. The van der Waals surface area contributed by atoms with Gasteiger partial charge in [-0.2, -0.15) is 0 Å². The Morgan fingerprint density at radius 1 is 1.00 bits per heavy atom. The molecule has 0 amide bonds. The lowest BCUT2D eigenvalue weighted by atomic mass is 9.96. The van der Waals surface area contributed by atoms with Gasteiger partial charge in [0.2, 0.25) is 0 Å². The Bertz CT molecular complexity index is 368. The Morgan fingerprint density at radius 3 is 1.89 bits per heavy atom. The molecule has 0 saturated heterocycles. The van der Waals surface area contributed by atoms with Gasteiger partial charge in [-0.15, -0.1) is 0 Å². The third-order valence-electron chi connectivity index (χ3n) is 3.02. The average molecular weight is 264 g/mol. The highest BCUT2D eigenvalue weighted by Crippen LogP contribution is 2.15. The molecule has 0 saturated carbocycles. The number of rotatable bonds is 4. The molecule has 1 rings (SSSR count). The maximum Gasteiger partial charge on any atom is 0.0775 e. The van der Waals surface area contributed by atoms with Crippen molar-refractivity contribution >= 4 is 13.3 Å². The molecule has 1 nitrogen and oxygen atoms in total. The molecule has 0 atom stereocenters. The van der Waals surface area contributed by atoms with E-state index in [2.05, 4.69) is 76.6 Å². The molecule has 0 bridgehead atoms. The maximum absolute atomic E-state index is 2.41. The van der Waals surface area contributed by atoms with Crippen LogP contribution in [0.15, 0.2) is 24.3 Å². The summed E-state index contributed by atoms with van der Waals surface area (Å²) in [6, 6.07) is 9.25. The van der Waals surface area contributed by atoms with E-state index in [1.54, 1.807) is 5.19 Å². The van der Waals surface area contributed by atoms with Crippen molar-refractivity contribution in [1.82, 2.24) is 4.90 Å². The van der Waals surface area contributed by atoms with E-state index >= 15 is 0 Å². The van der Waals surface area contributed by atoms with Gasteiger partial charge in [0.1, 0.15) is 0 Å². The number of nitrogens with zero attached hydrogens (tertiary/aromatic N) is 1. The number of benzene rings is 1. The quantitative estimate of drug-likeness (QED) is 0.749. The Hall–Kier alpha value is -0.603. The molecule has 102 valence electrons. The SMILES string of the molecule is CN(Cc1ccc([Si](C)(C)C)cc1)CC(C)(C)C. The van der Waals surface area contributed by atoms with Gasteiger partial charge in [-0.3, -0.25) is 0 Å². The molecule has 0 radical (unpaired) electrons. The molecule has 1 aromatic carbocycles. The average Bonchev–Trinajstić information content (AvgIpc) is 2.13. The van der Waals surface area contributed by atoms with Crippen LogP contribution in [0.3, 0.4) is 0 Å². The second kappa shape index (κ2) is 5.58. The lowest BCUT2D eigenvalue weighted by molar-refractivity contribution is 0.221. The first-order valence-corrected chi connectivity index (χ1v) is 10.4. The van der Waals surface area contributed by atoms with Gasteiger partial charge in [-0.1, -0.05) is 69.9 Å². The third kappa shape index (κ3) is 5.36. The first kappa shape index (κ1) is 15.5. The first-order chi connectivity index (χ1) is 8.08. The summed E-state index contributed by atoms with van der Waals surface area (Å²) in [5.41, 5.74) is 1.79. The van der Waals surface area contributed by atoms with Crippen LogP contribution in [0, 0.1) is 5.41 Å². The van der Waals surface area contributed by atoms with E-state index in [1.807, 2.05) is 0 Å². The second-order valence-corrected chi connectivity index (χ2v) is 12.8. The van der Waals surface area contributed by atoms with Crippen LogP contribution in [-0.2, 0) is 6.54 Å². The van der Waals surface area contributed by atoms with Gasteiger partial charge >= 0.3 is 0 Å². The summed E-state index contributed by atoms with van der Waals surface area (Å²) < 4.78 is 0. The van der Waals surface area contributed by atoms with E-state index in [0.29, 0.717) is 5.41 Å². The van der Waals surface area contributed by atoms with E-state index in [0.717, 1.165) is 13.1 Å². The highest BCUT2D eigenvalue weighted by Gasteiger charge is 2.16. The van der Waals surface area contributed by atoms with E-state index in [-0.39, 0.29) is 0 Å². The molecule has 0 heterocycles. The van der Waals surface area contributed by atoms with Crippen molar-refractivity contribution in [2.75, 3.05) is 13.6 Å². The minimum atomic E-state index is -1.15. The number of hydrogen-bond acceptors (Lipinski definition) is 1. The summed E-state index contributed by atoms with van der Waals surface area (Å²) in [6.45, 7) is 16.2. The summed E-state index contributed by atoms with van der Waals surface area (Å²) in [5.74, 6) is 0. The van der Waals surface area contributed by atoms with Gasteiger partial charge in [0, 0.05) is 13.1 Å². The predicted molar refractivity (Wildman–Crippen MR) is 85.2 cm³/mol. The fraction of sp³-hybridized carbons (Fsp3) is 0.625. The molecule has 0 aliphatic heterocycles. The summed E-state index contributed by atoms with van der Waals surface area (Å²) in [7, 11) is 1.06. The van der Waals surface area contributed by atoms with Gasteiger partial charge in [-0.25, -0.2) is 0 Å². The molecule has 18 heavy (non-hydrogen) atoms. The highest BCUT2D eigenvalue weighted by molar-refractivity contribution is 6.88. The second-order valence-electron chi connectivity index (χ2n) is 7.68. The topological polar surface area (TPSA) is 3.24 Å². The van der Waals surface area contributed by atoms with Gasteiger partial charge in [0.15, 0.2) is 0 Å². The van der Waals surface area contributed by atoms with Gasteiger partial charge < -0.3 is 4.90 Å². The third-order valence-corrected chi connectivity index (χ3v) is 5.08. The van der Waals surface area contributed by atoms with Gasteiger partial charge in [0.25, 0.3) is 0 Å². The van der Waals surface area contributed by atoms with E-state index < -0.39 is 8.07 Å². The Labute approximate surface area is 114 Å². The molecular formula is C16H29NSi. The predicted octanol–water partition coefficient (Wildman–Crippen LogP) is 3.71. The molecular weight excluding hydrogens is 234 g/mol. The summed E-state index contributed by atoms with van der Waals surface area (Å²) in [6.07, 6.45) is 0. The molecule has 0 unspecified atom stereocenters. The van der Waals surface area contributed by atoms with Crippen molar-refractivity contribution in [3.63, 3.8) is 0 Å². The summed E-state index contributed by atoms with van der Waals surface area (Å²) in [5, 5.41) is 1.55. The van der Waals surface area contributed by atoms with Gasteiger partial charge in [-0.05, 0) is 18.0 Å². The minimum Gasteiger partial charge on any atom is -0.302 e. The van der Waals surface area contributed by atoms with Crippen molar-refractivity contribution < 1.29 is 0 Å². The van der Waals surface area contributed by atoms with E-state index in [1.165, 1.54) is 5.56 Å². The van der Waals surface area contributed by atoms with Crippen LogP contribution in [0.4, 0.5) is 0 Å². The maximum atomic E-state index is 2.41. The van der Waals surface area contributed by atoms with Crippen LogP contribution in [0.5, 0.6) is 0 Å². The molecule has 0 fully saturated rings. The zero-order valence-corrected chi connectivity index (χ0v) is 14.2. The Kier molecular flexibility index (Phi) is 4.79. The van der Waals surface area contributed by atoms with Crippen molar-refractivity contribution in [3.8, 4) is 0 Å². The Balaban J connectivity index is 2.64. The van der Waals surface area contributed by atoms with Crippen molar-refractivity contribution in [2.45, 2.75) is 47.0 Å². The molecule has 0 N–H and O–H groups in total. The smallest absolute Gasteiger partial charge is 0.0775 e.